The van der Waals surface area contributed by atoms with Crippen molar-refractivity contribution in [3.8, 4) is 22.5 Å². The van der Waals surface area contributed by atoms with Gasteiger partial charge in [0.1, 0.15) is 23.7 Å². The fourth-order valence-corrected chi connectivity index (χ4v) is 9.49. The first-order chi connectivity index (χ1) is 32.2. The number of amides is 5. The second-order valence-electron chi connectivity index (χ2n) is 17.0. The van der Waals surface area contributed by atoms with Gasteiger partial charge in [0, 0.05) is 49.1 Å². The van der Waals surface area contributed by atoms with Crippen molar-refractivity contribution in [3.05, 3.63) is 149 Å². The largest absolute Gasteiger partial charge is 0.453 e. The fourth-order valence-electron chi connectivity index (χ4n) is 9.49. The minimum atomic E-state index is -0.905. The first kappa shape index (κ1) is 43.7. The molecule has 0 aliphatic carbocycles. The number of H-pyrrole nitrogens is 2. The number of alkyl carbamates (subject to hydrolysis) is 1. The maximum absolute atomic E-state index is 14.1. The van der Waals surface area contributed by atoms with Gasteiger partial charge in [-0.15, -0.1) is 0 Å². The number of fused-ring (bicyclic) bond motifs is 1. The summed E-state index contributed by atoms with van der Waals surface area (Å²) in [6, 6.07) is 29.9. The quantitative estimate of drug-likeness (QED) is 0.0907. The van der Waals surface area contributed by atoms with Crippen LogP contribution in [0.15, 0.2) is 116 Å². The highest BCUT2D eigenvalue weighted by Crippen LogP contribution is 2.37. The van der Waals surface area contributed by atoms with Crippen LogP contribution in [0.4, 0.5) is 10.5 Å². The number of anilines is 1. The third kappa shape index (κ3) is 8.93. The number of hydrogen-bond donors (Lipinski definition) is 4. The minimum Gasteiger partial charge on any atom is -0.453 e. The van der Waals surface area contributed by atoms with E-state index >= 15 is 0 Å². The predicted octanol–water partition coefficient (Wildman–Crippen LogP) is 7.75. The van der Waals surface area contributed by atoms with Gasteiger partial charge < -0.3 is 40.0 Å². The van der Waals surface area contributed by atoms with E-state index in [2.05, 4.69) is 20.6 Å². The highest BCUT2D eigenvalue weighted by Gasteiger charge is 2.39. The number of hydrogen-bond acceptors (Lipinski definition) is 8. The Morgan fingerprint density at radius 2 is 1.39 bits per heavy atom. The molecule has 4 aromatic carbocycles. The number of likely N-dealkylation sites (tertiary alicyclic amines) is 2. The first-order valence-corrected chi connectivity index (χ1v) is 22.7. The molecule has 0 spiro atoms. The molecular formula is C51H53N9O6. The second-order valence-corrected chi connectivity index (χ2v) is 17.0. The van der Waals surface area contributed by atoms with Gasteiger partial charge in [-0.2, -0.15) is 0 Å². The topological polar surface area (TPSA) is 186 Å². The Labute approximate surface area is 383 Å². The molecule has 3 aliphatic rings. The normalized spacial score (nSPS) is 17.8. The summed E-state index contributed by atoms with van der Waals surface area (Å²) >= 11 is 0. The zero-order chi connectivity index (χ0) is 45.7. The standard InChI is InChI=1S/C51H53N9O6/c1-3-12-43(61)56-44(33-13-6-4-7-14-33)49(63)59-26-10-18-42(59)47-53-31-40(55-47)36-21-24-38-35(29-36)25-28-58(48(38)62)37-22-19-32(20-23-37)39-30-52-46(54-39)41-17-11-27-60(41)50(64)45(57-51(65)66-2)34-15-8-5-9-16-34/h4-9,13-16,19-24,29-31,41-42,44-45H,3,10-12,17-18,25-28H2,1-2H3,(H,52,54)(H,53,55)(H,56,61)(H,57,65)/t41-,42-,44+,45+/m0/s1. The Morgan fingerprint density at radius 3 is 2.03 bits per heavy atom. The van der Waals surface area contributed by atoms with Crippen LogP contribution in [-0.4, -0.2) is 86.2 Å². The molecule has 4 atom stereocenters. The molecule has 6 aromatic rings. The van der Waals surface area contributed by atoms with Gasteiger partial charge >= 0.3 is 6.09 Å². The van der Waals surface area contributed by atoms with Crippen LogP contribution in [0, 0.1) is 0 Å². The number of nitrogens with one attached hydrogen (secondary N) is 4. The van der Waals surface area contributed by atoms with Gasteiger partial charge in [-0.25, -0.2) is 14.8 Å². The van der Waals surface area contributed by atoms with Crippen LogP contribution in [0.1, 0.15) is 108 Å². The van der Waals surface area contributed by atoms with Gasteiger partial charge in [-0.1, -0.05) is 85.8 Å². The van der Waals surface area contributed by atoms with Crippen LogP contribution in [-0.2, 0) is 25.5 Å². The number of aromatic nitrogens is 4. The molecule has 4 N–H and O–H groups in total. The molecule has 5 amide bonds. The number of imidazole rings is 2. The molecule has 2 aromatic heterocycles. The summed E-state index contributed by atoms with van der Waals surface area (Å²) in [5, 5.41) is 5.68. The highest BCUT2D eigenvalue weighted by atomic mass is 16.5. The molecule has 0 bridgehead atoms. The van der Waals surface area contributed by atoms with E-state index in [1.165, 1.54) is 7.11 Å². The summed E-state index contributed by atoms with van der Waals surface area (Å²) in [6.07, 6.45) is 7.70. The van der Waals surface area contributed by atoms with Crippen LogP contribution in [0.3, 0.4) is 0 Å². The number of carbonyl (C=O) groups is 5. The molecule has 2 saturated heterocycles. The van der Waals surface area contributed by atoms with Crippen molar-refractivity contribution in [3.63, 3.8) is 0 Å². The number of carbonyl (C=O) groups excluding carboxylic acids is 5. The van der Waals surface area contributed by atoms with Gasteiger partial charge in [0.25, 0.3) is 11.8 Å². The van der Waals surface area contributed by atoms with E-state index in [0.29, 0.717) is 61.7 Å². The molecule has 0 saturated carbocycles. The van der Waals surface area contributed by atoms with Gasteiger partial charge in [0.15, 0.2) is 0 Å². The number of benzene rings is 4. The summed E-state index contributed by atoms with van der Waals surface area (Å²) in [5.74, 6) is 0.729. The molecule has 0 unspecified atom stereocenters. The van der Waals surface area contributed by atoms with Gasteiger partial charge in [0.05, 0.1) is 36.8 Å². The monoisotopic (exact) mass is 887 g/mol. The highest BCUT2D eigenvalue weighted by molar-refractivity contribution is 6.08. The zero-order valence-corrected chi connectivity index (χ0v) is 37.0. The molecule has 338 valence electrons. The van der Waals surface area contributed by atoms with E-state index in [4.69, 9.17) is 14.7 Å². The molecule has 3 aliphatic heterocycles. The summed E-state index contributed by atoms with van der Waals surface area (Å²) in [6.45, 7) is 3.54. The third-order valence-electron chi connectivity index (χ3n) is 12.9. The predicted molar refractivity (Wildman–Crippen MR) is 248 cm³/mol. The Hall–Kier alpha value is -7.55. The Bertz CT molecular complexity index is 2720. The first-order valence-electron chi connectivity index (χ1n) is 22.7. The average Bonchev–Trinajstić information content (AvgIpc) is 4.21. The zero-order valence-electron chi connectivity index (χ0n) is 37.0. The maximum atomic E-state index is 14.1. The van der Waals surface area contributed by atoms with Crippen molar-refractivity contribution in [2.24, 2.45) is 0 Å². The lowest BCUT2D eigenvalue weighted by molar-refractivity contribution is -0.137. The van der Waals surface area contributed by atoms with Crippen molar-refractivity contribution in [2.45, 2.75) is 76.0 Å². The summed E-state index contributed by atoms with van der Waals surface area (Å²) in [4.78, 5) is 88.8. The van der Waals surface area contributed by atoms with E-state index in [1.807, 2.05) is 109 Å². The van der Waals surface area contributed by atoms with Crippen molar-refractivity contribution < 1.29 is 28.7 Å². The average molecular weight is 888 g/mol. The third-order valence-corrected chi connectivity index (χ3v) is 12.9. The van der Waals surface area contributed by atoms with E-state index in [9.17, 15) is 24.0 Å². The lowest BCUT2D eigenvalue weighted by atomic mass is 9.95. The van der Waals surface area contributed by atoms with Crippen molar-refractivity contribution in [1.82, 2.24) is 40.4 Å². The smallest absolute Gasteiger partial charge is 0.407 e. The number of methoxy groups -OCH3 is 1. The minimum absolute atomic E-state index is 0.0808. The Morgan fingerprint density at radius 1 is 0.773 bits per heavy atom. The molecule has 15 heteroatoms. The van der Waals surface area contributed by atoms with Crippen LogP contribution >= 0.6 is 0 Å². The fraction of sp³-hybridized carbons (Fsp3) is 0.314. The molecule has 66 heavy (non-hydrogen) atoms. The Balaban J connectivity index is 0.857. The van der Waals surface area contributed by atoms with Crippen molar-refractivity contribution >= 4 is 35.4 Å². The van der Waals surface area contributed by atoms with Crippen LogP contribution in [0.25, 0.3) is 22.5 Å². The lowest BCUT2D eigenvalue weighted by Crippen LogP contribution is -2.42. The molecular weight excluding hydrogens is 835 g/mol. The number of aromatic amines is 2. The SMILES string of the molecule is CCCC(=O)N[C@@H](C(=O)N1CCC[C@H]1c1nc(-c2ccc3c(c2)CCN(c2ccc(-c4cnc([C@@H]5CCCN5C(=O)[C@H](NC(=O)OC)c5ccccc5)[nH]4)cc2)C3=O)c[nH]1)c1ccccc1. The maximum Gasteiger partial charge on any atom is 0.407 e. The van der Waals surface area contributed by atoms with Crippen LogP contribution in [0.5, 0.6) is 0 Å². The van der Waals surface area contributed by atoms with E-state index in [-0.39, 0.29) is 35.7 Å². The molecule has 0 radical (unpaired) electrons. The van der Waals surface area contributed by atoms with Gasteiger partial charge in [-0.3, -0.25) is 19.2 Å². The van der Waals surface area contributed by atoms with Crippen LogP contribution in [0.2, 0.25) is 0 Å². The number of rotatable bonds is 13. The van der Waals surface area contributed by atoms with E-state index in [0.717, 1.165) is 65.0 Å². The van der Waals surface area contributed by atoms with Crippen molar-refractivity contribution in [1.29, 1.82) is 0 Å². The van der Waals surface area contributed by atoms with Gasteiger partial charge in [-0.05, 0) is 85.0 Å². The molecule has 9 rings (SSSR count). The summed E-state index contributed by atoms with van der Waals surface area (Å²) in [5.41, 5.74) is 7.05. The molecule has 5 heterocycles. The molecule has 15 nitrogen and oxygen atoms in total. The lowest BCUT2D eigenvalue weighted by Gasteiger charge is -2.29. The summed E-state index contributed by atoms with van der Waals surface area (Å²) < 4.78 is 4.83. The number of nitrogens with zero attached hydrogens (tertiary/aromatic N) is 5. The van der Waals surface area contributed by atoms with Crippen molar-refractivity contribution in [2.75, 3.05) is 31.6 Å². The summed E-state index contributed by atoms with van der Waals surface area (Å²) in [7, 11) is 1.27. The number of ether oxygens (including phenoxy) is 1. The van der Waals surface area contributed by atoms with E-state index < -0.39 is 18.2 Å². The van der Waals surface area contributed by atoms with E-state index in [1.54, 1.807) is 28.1 Å². The van der Waals surface area contributed by atoms with Crippen LogP contribution < -0.4 is 15.5 Å². The second kappa shape index (κ2) is 19.3. The molecule has 2 fully saturated rings. The Kier molecular flexibility index (Phi) is 12.8. The van der Waals surface area contributed by atoms with Gasteiger partial charge in [0.2, 0.25) is 11.8 Å².